The number of hydrogen-bond acceptors (Lipinski definition) is 4. The summed E-state index contributed by atoms with van der Waals surface area (Å²) in [6, 6.07) is 8.04. The van der Waals surface area contributed by atoms with E-state index in [2.05, 4.69) is 23.5 Å². The number of thioether (sulfide) groups is 1. The molecule has 3 nitrogen and oxygen atoms in total. The van der Waals surface area contributed by atoms with Crippen molar-refractivity contribution in [1.29, 1.82) is 0 Å². The van der Waals surface area contributed by atoms with Crippen molar-refractivity contribution in [3.8, 4) is 5.75 Å². The van der Waals surface area contributed by atoms with Crippen LogP contribution in [0.3, 0.4) is 0 Å². The highest BCUT2D eigenvalue weighted by atomic mass is 32.2. The SMILES string of the molecule is COc1ccc2c(NCC(C)SC)nccc2c1. The largest absolute Gasteiger partial charge is 0.497 e. The van der Waals surface area contributed by atoms with Gasteiger partial charge >= 0.3 is 0 Å². The van der Waals surface area contributed by atoms with E-state index in [1.54, 1.807) is 7.11 Å². The third kappa shape index (κ3) is 2.88. The first-order chi connectivity index (χ1) is 8.74. The molecule has 0 bridgehead atoms. The summed E-state index contributed by atoms with van der Waals surface area (Å²) in [6.45, 7) is 3.12. The fraction of sp³-hybridized carbons (Fsp3) is 0.357. The van der Waals surface area contributed by atoms with Crippen LogP contribution >= 0.6 is 11.8 Å². The van der Waals surface area contributed by atoms with E-state index in [-0.39, 0.29) is 0 Å². The van der Waals surface area contributed by atoms with Gasteiger partial charge in [-0.2, -0.15) is 11.8 Å². The molecule has 1 unspecified atom stereocenters. The maximum atomic E-state index is 5.23. The summed E-state index contributed by atoms with van der Waals surface area (Å²) in [5.41, 5.74) is 0. The third-order valence-electron chi connectivity index (χ3n) is 2.93. The van der Waals surface area contributed by atoms with Gasteiger partial charge in [0, 0.05) is 23.4 Å². The zero-order chi connectivity index (χ0) is 13.0. The predicted molar refractivity (Wildman–Crippen MR) is 79.8 cm³/mol. The highest BCUT2D eigenvalue weighted by molar-refractivity contribution is 7.99. The number of nitrogens with one attached hydrogen (secondary N) is 1. The number of aromatic nitrogens is 1. The molecule has 0 aliphatic heterocycles. The van der Waals surface area contributed by atoms with Crippen LogP contribution in [0.5, 0.6) is 5.75 Å². The molecule has 2 rings (SSSR count). The molecule has 1 N–H and O–H groups in total. The predicted octanol–water partition coefficient (Wildman–Crippen LogP) is 3.41. The Kier molecular flexibility index (Phi) is 4.31. The topological polar surface area (TPSA) is 34.1 Å². The number of benzene rings is 1. The number of hydrogen-bond donors (Lipinski definition) is 1. The lowest BCUT2D eigenvalue weighted by atomic mass is 10.1. The van der Waals surface area contributed by atoms with Crippen LogP contribution in [0.25, 0.3) is 10.8 Å². The highest BCUT2D eigenvalue weighted by Gasteiger charge is 2.05. The molecule has 0 amide bonds. The molecule has 0 spiro atoms. The molecule has 1 aromatic carbocycles. The number of nitrogens with zero attached hydrogens (tertiary/aromatic N) is 1. The van der Waals surface area contributed by atoms with Gasteiger partial charge in [-0.1, -0.05) is 6.92 Å². The van der Waals surface area contributed by atoms with Gasteiger partial charge in [-0.05, 0) is 35.9 Å². The summed E-state index contributed by atoms with van der Waals surface area (Å²) < 4.78 is 5.23. The van der Waals surface area contributed by atoms with Crippen LogP contribution in [0.2, 0.25) is 0 Å². The number of anilines is 1. The Labute approximate surface area is 112 Å². The van der Waals surface area contributed by atoms with Crippen molar-refractivity contribution in [2.24, 2.45) is 0 Å². The van der Waals surface area contributed by atoms with Crippen LogP contribution in [-0.2, 0) is 0 Å². The Bertz CT molecular complexity index is 530. The normalized spacial score (nSPS) is 12.4. The van der Waals surface area contributed by atoms with Gasteiger partial charge in [-0.25, -0.2) is 4.98 Å². The summed E-state index contributed by atoms with van der Waals surface area (Å²) >= 11 is 1.85. The monoisotopic (exact) mass is 262 g/mol. The van der Waals surface area contributed by atoms with E-state index >= 15 is 0 Å². The average Bonchev–Trinajstić information content (AvgIpc) is 2.43. The van der Waals surface area contributed by atoms with Crippen molar-refractivity contribution in [2.75, 3.05) is 25.2 Å². The number of fused-ring (bicyclic) bond motifs is 1. The van der Waals surface area contributed by atoms with Crippen molar-refractivity contribution in [3.63, 3.8) is 0 Å². The molecule has 2 aromatic rings. The van der Waals surface area contributed by atoms with Gasteiger partial charge in [-0.15, -0.1) is 0 Å². The van der Waals surface area contributed by atoms with Gasteiger partial charge in [0.1, 0.15) is 11.6 Å². The van der Waals surface area contributed by atoms with Crippen LogP contribution in [-0.4, -0.2) is 30.1 Å². The smallest absolute Gasteiger partial charge is 0.133 e. The Morgan fingerprint density at radius 1 is 1.39 bits per heavy atom. The van der Waals surface area contributed by atoms with Crippen LogP contribution in [0.15, 0.2) is 30.5 Å². The summed E-state index contributed by atoms with van der Waals surface area (Å²) in [5.74, 6) is 1.81. The number of rotatable bonds is 5. The Balaban J connectivity index is 2.28. The zero-order valence-electron chi connectivity index (χ0n) is 10.9. The van der Waals surface area contributed by atoms with E-state index in [9.17, 15) is 0 Å². The van der Waals surface area contributed by atoms with Crippen molar-refractivity contribution >= 4 is 28.4 Å². The van der Waals surface area contributed by atoms with Crippen molar-refractivity contribution in [1.82, 2.24) is 4.98 Å². The zero-order valence-corrected chi connectivity index (χ0v) is 11.8. The maximum Gasteiger partial charge on any atom is 0.133 e. The van der Waals surface area contributed by atoms with E-state index in [0.29, 0.717) is 5.25 Å². The molecule has 0 aliphatic carbocycles. The first-order valence-electron chi connectivity index (χ1n) is 5.94. The average molecular weight is 262 g/mol. The summed E-state index contributed by atoms with van der Waals surface area (Å²) in [5, 5.41) is 6.25. The van der Waals surface area contributed by atoms with Gasteiger partial charge in [0.15, 0.2) is 0 Å². The van der Waals surface area contributed by atoms with E-state index in [1.807, 2.05) is 42.2 Å². The Hall–Kier alpha value is -1.42. The molecule has 18 heavy (non-hydrogen) atoms. The molecule has 1 heterocycles. The van der Waals surface area contributed by atoms with Gasteiger partial charge in [0.25, 0.3) is 0 Å². The van der Waals surface area contributed by atoms with E-state index in [0.717, 1.165) is 28.9 Å². The van der Waals surface area contributed by atoms with Crippen molar-refractivity contribution in [2.45, 2.75) is 12.2 Å². The van der Waals surface area contributed by atoms with Crippen LogP contribution in [0, 0.1) is 0 Å². The van der Waals surface area contributed by atoms with E-state index in [4.69, 9.17) is 4.74 Å². The quantitative estimate of drug-likeness (QED) is 0.895. The number of ether oxygens (including phenoxy) is 1. The molecule has 0 saturated carbocycles. The first kappa shape index (κ1) is 13.0. The van der Waals surface area contributed by atoms with Crippen molar-refractivity contribution in [3.05, 3.63) is 30.5 Å². The van der Waals surface area contributed by atoms with Crippen LogP contribution in [0.1, 0.15) is 6.92 Å². The molecule has 1 aromatic heterocycles. The third-order valence-corrected chi connectivity index (χ3v) is 3.90. The molecule has 0 radical (unpaired) electrons. The molecule has 4 heteroatoms. The fourth-order valence-electron chi connectivity index (χ4n) is 1.75. The lowest BCUT2D eigenvalue weighted by Crippen LogP contribution is -2.13. The van der Waals surface area contributed by atoms with Crippen molar-refractivity contribution < 1.29 is 4.74 Å². The number of methoxy groups -OCH3 is 1. The maximum absolute atomic E-state index is 5.23. The minimum atomic E-state index is 0.570. The second-order valence-electron chi connectivity index (χ2n) is 4.17. The van der Waals surface area contributed by atoms with Gasteiger partial charge in [0.2, 0.25) is 0 Å². The molecule has 0 fully saturated rings. The van der Waals surface area contributed by atoms with Gasteiger partial charge in [-0.3, -0.25) is 0 Å². The van der Waals surface area contributed by atoms with Crippen LogP contribution in [0.4, 0.5) is 5.82 Å². The molecular weight excluding hydrogens is 244 g/mol. The minimum absolute atomic E-state index is 0.570. The lowest BCUT2D eigenvalue weighted by molar-refractivity contribution is 0.415. The highest BCUT2D eigenvalue weighted by Crippen LogP contribution is 2.25. The number of pyridine rings is 1. The fourth-order valence-corrected chi connectivity index (χ4v) is 2.00. The molecular formula is C14H18N2OS. The first-order valence-corrected chi connectivity index (χ1v) is 7.23. The lowest BCUT2D eigenvalue weighted by Gasteiger charge is -2.12. The molecule has 96 valence electrons. The molecule has 1 atom stereocenters. The Morgan fingerprint density at radius 3 is 2.94 bits per heavy atom. The van der Waals surface area contributed by atoms with Gasteiger partial charge < -0.3 is 10.1 Å². The second kappa shape index (κ2) is 5.96. The second-order valence-corrected chi connectivity index (χ2v) is 5.45. The van der Waals surface area contributed by atoms with E-state index < -0.39 is 0 Å². The summed E-state index contributed by atoms with van der Waals surface area (Å²) in [4.78, 5) is 4.41. The minimum Gasteiger partial charge on any atom is -0.497 e. The Morgan fingerprint density at radius 2 is 2.22 bits per heavy atom. The molecule has 0 aliphatic rings. The standard InChI is InChI=1S/C14H18N2OS/c1-10(18-3)9-16-14-13-5-4-12(17-2)8-11(13)6-7-15-14/h4-8,10H,9H2,1-3H3,(H,15,16). The summed E-state index contributed by atoms with van der Waals surface area (Å²) in [7, 11) is 1.68. The van der Waals surface area contributed by atoms with Gasteiger partial charge in [0.05, 0.1) is 7.11 Å². The van der Waals surface area contributed by atoms with E-state index in [1.165, 1.54) is 0 Å². The summed E-state index contributed by atoms with van der Waals surface area (Å²) in [6.07, 6.45) is 3.95. The molecule has 0 saturated heterocycles. The van der Waals surface area contributed by atoms with Crippen LogP contribution < -0.4 is 10.1 Å².